The fraction of sp³-hybridized carbons (Fsp3) is 0.0588. The summed E-state index contributed by atoms with van der Waals surface area (Å²) in [6, 6.07) is 14.9. The van der Waals surface area contributed by atoms with E-state index in [1.54, 1.807) is 36.4 Å². The third-order valence-corrected chi connectivity index (χ3v) is 2.90. The standard InChI is InChI=1S/C17H14N2O3/c1-22-16-4-2-3-14(10-16)19-17(21)13(11-18)9-12-5-7-15(20)8-6-12/h2-10,20H,1H3,(H,19,21). The highest BCUT2D eigenvalue weighted by Gasteiger charge is 2.10. The monoisotopic (exact) mass is 294 g/mol. The molecule has 5 nitrogen and oxygen atoms in total. The number of nitrogens with one attached hydrogen (secondary N) is 1. The molecule has 0 aliphatic rings. The van der Waals surface area contributed by atoms with Gasteiger partial charge in [-0.2, -0.15) is 5.26 Å². The molecule has 0 atom stereocenters. The van der Waals surface area contributed by atoms with E-state index in [1.807, 2.05) is 6.07 Å². The Balaban J connectivity index is 2.18. The number of benzene rings is 2. The maximum Gasteiger partial charge on any atom is 0.266 e. The van der Waals surface area contributed by atoms with Crippen LogP contribution in [0, 0.1) is 11.3 Å². The normalized spacial score (nSPS) is 10.6. The van der Waals surface area contributed by atoms with E-state index >= 15 is 0 Å². The van der Waals surface area contributed by atoms with Crippen LogP contribution in [0.25, 0.3) is 6.08 Å². The molecule has 0 radical (unpaired) electrons. The molecule has 110 valence electrons. The topological polar surface area (TPSA) is 82.3 Å². The van der Waals surface area contributed by atoms with Gasteiger partial charge >= 0.3 is 0 Å². The van der Waals surface area contributed by atoms with Gasteiger partial charge in [0.1, 0.15) is 23.1 Å². The highest BCUT2D eigenvalue weighted by atomic mass is 16.5. The summed E-state index contributed by atoms with van der Waals surface area (Å²) in [4.78, 5) is 12.1. The number of rotatable bonds is 4. The quantitative estimate of drug-likeness (QED) is 0.671. The summed E-state index contributed by atoms with van der Waals surface area (Å²) >= 11 is 0. The summed E-state index contributed by atoms with van der Waals surface area (Å²) in [5.74, 6) is 0.221. The van der Waals surface area contributed by atoms with Crippen molar-refractivity contribution >= 4 is 17.7 Å². The van der Waals surface area contributed by atoms with Gasteiger partial charge in [-0.25, -0.2) is 0 Å². The third-order valence-electron chi connectivity index (χ3n) is 2.90. The number of carbonyl (C=O) groups excluding carboxylic acids is 1. The number of hydrogen-bond donors (Lipinski definition) is 2. The molecule has 2 aromatic rings. The smallest absolute Gasteiger partial charge is 0.266 e. The van der Waals surface area contributed by atoms with Gasteiger partial charge in [0, 0.05) is 11.8 Å². The van der Waals surface area contributed by atoms with E-state index in [1.165, 1.54) is 25.3 Å². The molecule has 2 aromatic carbocycles. The number of phenols is 1. The third kappa shape index (κ3) is 3.87. The van der Waals surface area contributed by atoms with Crippen LogP contribution in [-0.4, -0.2) is 18.1 Å². The number of hydrogen-bond acceptors (Lipinski definition) is 4. The number of nitrogens with zero attached hydrogens (tertiary/aromatic N) is 1. The van der Waals surface area contributed by atoms with Crippen molar-refractivity contribution in [2.75, 3.05) is 12.4 Å². The van der Waals surface area contributed by atoms with E-state index in [9.17, 15) is 9.90 Å². The minimum atomic E-state index is -0.510. The SMILES string of the molecule is COc1cccc(NC(=O)C(C#N)=Cc2ccc(O)cc2)c1. The highest BCUT2D eigenvalue weighted by Crippen LogP contribution is 2.18. The van der Waals surface area contributed by atoms with E-state index in [2.05, 4.69) is 5.32 Å². The predicted molar refractivity (Wildman–Crippen MR) is 83.3 cm³/mol. The van der Waals surface area contributed by atoms with Crippen molar-refractivity contribution in [3.63, 3.8) is 0 Å². The fourth-order valence-corrected chi connectivity index (χ4v) is 1.79. The van der Waals surface area contributed by atoms with Crippen LogP contribution in [0.3, 0.4) is 0 Å². The van der Waals surface area contributed by atoms with Crippen LogP contribution in [0.2, 0.25) is 0 Å². The first-order valence-corrected chi connectivity index (χ1v) is 6.48. The zero-order valence-corrected chi connectivity index (χ0v) is 11.9. The van der Waals surface area contributed by atoms with Gasteiger partial charge in [-0.15, -0.1) is 0 Å². The van der Waals surface area contributed by atoms with Gasteiger partial charge in [0.2, 0.25) is 0 Å². The van der Waals surface area contributed by atoms with E-state index < -0.39 is 5.91 Å². The largest absolute Gasteiger partial charge is 0.508 e. The lowest BCUT2D eigenvalue weighted by Crippen LogP contribution is -2.13. The molecule has 0 saturated heterocycles. The average molecular weight is 294 g/mol. The Morgan fingerprint density at radius 1 is 1.27 bits per heavy atom. The molecule has 5 heteroatoms. The fourth-order valence-electron chi connectivity index (χ4n) is 1.79. The average Bonchev–Trinajstić information content (AvgIpc) is 2.54. The van der Waals surface area contributed by atoms with Crippen molar-refractivity contribution < 1.29 is 14.6 Å². The lowest BCUT2D eigenvalue weighted by atomic mass is 10.1. The maximum atomic E-state index is 12.1. The second-order valence-corrected chi connectivity index (χ2v) is 4.45. The molecular formula is C17H14N2O3. The second kappa shape index (κ2) is 6.95. The second-order valence-electron chi connectivity index (χ2n) is 4.45. The van der Waals surface area contributed by atoms with Gasteiger partial charge in [0.05, 0.1) is 7.11 Å². The zero-order chi connectivity index (χ0) is 15.9. The number of carbonyl (C=O) groups is 1. The number of phenolic OH excluding ortho intramolecular Hbond substituents is 1. The number of anilines is 1. The molecule has 0 fully saturated rings. The Labute approximate surface area is 128 Å². The Kier molecular flexibility index (Phi) is 4.78. The van der Waals surface area contributed by atoms with Gasteiger partial charge in [-0.05, 0) is 35.9 Å². The van der Waals surface area contributed by atoms with Crippen LogP contribution in [-0.2, 0) is 4.79 Å². The zero-order valence-electron chi connectivity index (χ0n) is 11.9. The molecule has 1 amide bonds. The molecule has 0 aromatic heterocycles. The predicted octanol–water partition coefficient (Wildman–Crippen LogP) is 2.95. The van der Waals surface area contributed by atoms with Gasteiger partial charge in [0.15, 0.2) is 0 Å². The van der Waals surface area contributed by atoms with Crippen LogP contribution in [0.15, 0.2) is 54.1 Å². The van der Waals surface area contributed by atoms with E-state index in [-0.39, 0.29) is 11.3 Å². The minimum Gasteiger partial charge on any atom is -0.508 e. The van der Waals surface area contributed by atoms with Gasteiger partial charge in [-0.3, -0.25) is 4.79 Å². The number of nitriles is 1. The first-order chi connectivity index (χ1) is 10.6. The summed E-state index contributed by atoms with van der Waals surface area (Å²) in [7, 11) is 1.53. The number of amides is 1. The molecule has 2 N–H and O–H groups in total. The lowest BCUT2D eigenvalue weighted by molar-refractivity contribution is -0.112. The summed E-state index contributed by atoms with van der Waals surface area (Å²) in [5, 5.41) is 21.0. The lowest BCUT2D eigenvalue weighted by Gasteiger charge is -2.06. The Hall–Kier alpha value is -3.26. The Morgan fingerprint density at radius 3 is 2.64 bits per heavy atom. The summed E-state index contributed by atoms with van der Waals surface area (Å²) in [6.45, 7) is 0. The summed E-state index contributed by atoms with van der Waals surface area (Å²) < 4.78 is 5.08. The first-order valence-electron chi connectivity index (χ1n) is 6.48. The molecule has 0 unspecified atom stereocenters. The molecular weight excluding hydrogens is 280 g/mol. The summed E-state index contributed by atoms with van der Waals surface area (Å²) in [6.07, 6.45) is 1.45. The molecule has 0 heterocycles. The van der Waals surface area contributed by atoms with Crippen molar-refractivity contribution in [1.29, 1.82) is 5.26 Å². The van der Waals surface area contributed by atoms with Gasteiger partial charge in [0.25, 0.3) is 5.91 Å². The molecule has 2 rings (SSSR count). The van der Waals surface area contributed by atoms with Crippen LogP contribution < -0.4 is 10.1 Å². The van der Waals surface area contributed by atoms with E-state index in [0.29, 0.717) is 17.0 Å². The van der Waals surface area contributed by atoms with E-state index in [4.69, 9.17) is 10.00 Å². The van der Waals surface area contributed by atoms with E-state index in [0.717, 1.165) is 0 Å². The molecule has 0 spiro atoms. The van der Waals surface area contributed by atoms with Crippen LogP contribution in [0.5, 0.6) is 11.5 Å². The summed E-state index contributed by atoms with van der Waals surface area (Å²) in [5.41, 5.74) is 1.15. The van der Waals surface area contributed by atoms with Crippen molar-refractivity contribution in [2.45, 2.75) is 0 Å². The molecule has 22 heavy (non-hydrogen) atoms. The van der Waals surface area contributed by atoms with Crippen molar-refractivity contribution in [3.05, 3.63) is 59.7 Å². The molecule has 0 aliphatic heterocycles. The van der Waals surface area contributed by atoms with Crippen molar-refractivity contribution in [1.82, 2.24) is 0 Å². The number of ether oxygens (including phenoxy) is 1. The van der Waals surface area contributed by atoms with Gasteiger partial charge in [-0.1, -0.05) is 18.2 Å². The first kappa shape index (κ1) is 15.1. The molecule has 0 bridgehead atoms. The van der Waals surface area contributed by atoms with Gasteiger partial charge < -0.3 is 15.2 Å². The minimum absolute atomic E-state index is 0.0338. The molecule has 0 saturated carbocycles. The molecule has 0 aliphatic carbocycles. The number of methoxy groups -OCH3 is 1. The Bertz CT molecular complexity index is 743. The van der Waals surface area contributed by atoms with Crippen LogP contribution in [0.4, 0.5) is 5.69 Å². The van der Waals surface area contributed by atoms with Crippen LogP contribution >= 0.6 is 0 Å². The van der Waals surface area contributed by atoms with Crippen LogP contribution in [0.1, 0.15) is 5.56 Å². The number of aromatic hydroxyl groups is 1. The maximum absolute atomic E-state index is 12.1. The highest BCUT2D eigenvalue weighted by molar-refractivity contribution is 6.09. The Morgan fingerprint density at radius 2 is 2.00 bits per heavy atom. The van der Waals surface area contributed by atoms with Crippen molar-refractivity contribution in [2.24, 2.45) is 0 Å². The van der Waals surface area contributed by atoms with Crippen molar-refractivity contribution in [3.8, 4) is 17.6 Å².